The Balaban J connectivity index is 2.22. The van der Waals surface area contributed by atoms with Crippen molar-refractivity contribution in [3.05, 3.63) is 17.6 Å². The molecule has 82 valence electrons. The number of rotatable bonds is 2. The molecule has 1 aromatic rings. The van der Waals surface area contributed by atoms with Gasteiger partial charge in [0.25, 0.3) is 0 Å². The number of anilines is 1. The molecule has 0 saturated carbocycles. The van der Waals surface area contributed by atoms with Gasteiger partial charge in [0.05, 0.1) is 0 Å². The summed E-state index contributed by atoms with van der Waals surface area (Å²) in [6, 6.07) is 1.84. The third kappa shape index (κ3) is 2.43. The van der Waals surface area contributed by atoms with Crippen molar-refractivity contribution < 1.29 is 4.74 Å². The number of nitrogen functional groups attached to an aromatic ring is 1. The monoisotopic (exact) mass is 208 g/mol. The fourth-order valence-corrected chi connectivity index (χ4v) is 1.80. The zero-order chi connectivity index (χ0) is 10.7. The molecule has 1 saturated heterocycles. The van der Waals surface area contributed by atoms with Crippen LogP contribution in [0.15, 0.2) is 6.07 Å². The van der Waals surface area contributed by atoms with Crippen LogP contribution in [0.1, 0.15) is 30.3 Å². The number of hydrazine groups is 1. The van der Waals surface area contributed by atoms with Crippen LogP contribution in [0.2, 0.25) is 0 Å². The lowest BCUT2D eigenvalue weighted by Gasteiger charge is -2.21. The molecule has 1 aliphatic heterocycles. The summed E-state index contributed by atoms with van der Waals surface area (Å²) in [5.41, 5.74) is 3.51. The lowest BCUT2D eigenvalue weighted by Crippen LogP contribution is -2.18. The number of hydrogen-bond donors (Lipinski definition) is 2. The van der Waals surface area contributed by atoms with Crippen LogP contribution in [0.3, 0.4) is 0 Å². The van der Waals surface area contributed by atoms with E-state index in [9.17, 15) is 0 Å². The number of aromatic nitrogens is 2. The minimum Gasteiger partial charge on any atom is -0.381 e. The van der Waals surface area contributed by atoms with Gasteiger partial charge in [0.1, 0.15) is 11.6 Å². The highest BCUT2D eigenvalue weighted by Crippen LogP contribution is 2.24. The van der Waals surface area contributed by atoms with E-state index < -0.39 is 0 Å². The highest BCUT2D eigenvalue weighted by Gasteiger charge is 2.19. The van der Waals surface area contributed by atoms with Crippen molar-refractivity contribution in [3.63, 3.8) is 0 Å². The Morgan fingerprint density at radius 3 is 2.80 bits per heavy atom. The normalized spacial score (nSPS) is 17.7. The van der Waals surface area contributed by atoms with Gasteiger partial charge in [-0.1, -0.05) is 0 Å². The molecule has 1 fully saturated rings. The summed E-state index contributed by atoms with van der Waals surface area (Å²) in [5.74, 6) is 7.33. The van der Waals surface area contributed by atoms with Gasteiger partial charge in [0.15, 0.2) is 0 Å². The first-order chi connectivity index (χ1) is 7.29. The molecule has 1 aliphatic rings. The van der Waals surface area contributed by atoms with Crippen LogP contribution < -0.4 is 11.3 Å². The van der Waals surface area contributed by atoms with E-state index in [4.69, 9.17) is 10.6 Å². The quantitative estimate of drug-likeness (QED) is 0.559. The summed E-state index contributed by atoms with van der Waals surface area (Å²) < 4.78 is 5.31. The third-order valence-electron chi connectivity index (χ3n) is 2.61. The van der Waals surface area contributed by atoms with Crippen LogP contribution in [0.4, 0.5) is 5.82 Å². The second-order valence-corrected chi connectivity index (χ2v) is 3.78. The average Bonchev–Trinajstić information content (AvgIpc) is 2.29. The van der Waals surface area contributed by atoms with Crippen molar-refractivity contribution >= 4 is 5.82 Å². The van der Waals surface area contributed by atoms with Gasteiger partial charge in [-0.15, -0.1) is 0 Å². The molecule has 0 unspecified atom stereocenters. The first kappa shape index (κ1) is 10.3. The highest BCUT2D eigenvalue weighted by atomic mass is 16.5. The topological polar surface area (TPSA) is 73.1 Å². The largest absolute Gasteiger partial charge is 0.381 e. The number of nitrogens with two attached hydrogens (primary N) is 1. The molecular formula is C10H16N4O. The Kier molecular flexibility index (Phi) is 3.13. The van der Waals surface area contributed by atoms with Gasteiger partial charge in [0.2, 0.25) is 0 Å². The Hall–Kier alpha value is -1.20. The maximum atomic E-state index is 5.35. The van der Waals surface area contributed by atoms with E-state index >= 15 is 0 Å². The molecule has 5 nitrogen and oxygen atoms in total. The number of nitrogens with zero attached hydrogens (tertiary/aromatic N) is 2. The van der Waals surface area contributed by atoms with Crippen molar-refractivity contribution in [1.29, 1.82) is 0 Å². The standard InChI is InChI=1S/C10H16N4O/c1-7-6-9(14-11)13-10(12-7)8-2-4-15-5-3-8/h6,8H,2-5,11H2,1H3,(H,12,13,14). The molecule has 0 radical (unpaired) electrons. The minimum atomic E-state index is 0.408. The fraction of sp³-hybridized carbons (Fsp3) is 0.600. The summed E-state index contributed by atoms with van der Waals surface area (Å²) in [7, 11) is 0. The van der Waals surface area contributed by atoms with Crippen molar-refractivity contribution in [1.82, 2.24) is 9.97 Å². The first-order valence-corrected chi connectivity index (χ1v) is 5.19. The molecule has 0 aromatic carbocycles. The maximum absolute atomic E-state index is 5.35. The predicted octanol–water partition coefficient (Wildman–Crippen LogP) is 0.965. The van der Waals surface area contributed by atoms with Crippen LogP contribution in [-0.2, 0) is 4.74 Å². The summed E-state index contributed by atoms with van der Waals surface area (Å²) in [5, 5.41) is 0. The molecule has 1 aromatic heterocycles. The lowest BCUT2D eigenvalue weighted by molar-refractivity contribution is 0.0836. The number of hydrogen-bond acceptors (Lipinski definition) is 5. The van der Waals surface area contributed by atoms with E-state index in [1.807, 2.05) is 13.0 Å². The predicted molar refractivity (Wildman–Crippen MR) is 57.4 cm³/mol. The molecule has 15 heavy (non-hydrogen) atoms. The van der Waals surface area contributed by atoms with E-state index in [1.54, 1.807) is 0 Å². The second kappa shape index (κ2) is 4.55. The Morgan fingerprint density at radius 2 is 2.13 bits per heavy atom. The Bertz CT molecular complexity index is 336. The van der Waals surface area contributed by atoms with E-state index in [0.29, 0.717) is 11.7 Å². The molecule has 0 spiro atoms. The molecule has 5 heteroatoms. The summed E-state index contributed by atoms with van der Waals surface area (Å²) in [4.78, 5) is 8.82. The van der Waals surface area contributed by atoms with Crippen molar-refractivity contribution in [2.24, 2.45) is 5.84 Å². The molecule has 0 aliphatic carbocycles. The van der Waals surface area contributed by atoms with Crippen LogP contribution in [0.25, 0.3) is 0 Å². The molecule has 0 atom stereocenters. The number of nitrogens with one attached hydrogen (secondary N) is 1. The van der Waals surface area contributed by atoms with Gasteiger partial charge in [-0.3, -0.25) is 0 Å². The van der Waals surface area contributed by atoms with Crippen LogP contribution >= 0.6 is 0 Å². The van der Waals surface area contributed by atoms with Crippen LogP contribution in [0, 0.1) is 6.92 Å². The molecule has 2 heterocycles. The second-order valence-electron chi connectivity index (χ2n) is 3.78. The Labute approximate surface area is 89.0 Å². The minimum absolute atomic E-state index is 0.408. The highest BCUT2D eigenvalue weighted by molar-refractivity contribution is 5.34. The SMILES string of the molecule is Cc1cc(NN)nc(C2CCOCC2)n1. The maximum Gasteiger partial charge on any atom is 0.143 e. The van der Waals surface area contributed by atoms with E-state index in [0.717, 1.165) is 37.6 Å². The zero-order valence-electron chi connectivity index (χ0n) is 8.86. The van der Waals surface area contributed by atoms with Crippen molar-refractivity contribution in [2.75, 3.05) is 18.6 Å². The zero-order valence-corrected chi connectivity index (χ0v) is 8.86. The van der Waals surface area contributed by atoms with Gasteiger partial charge >= 0.3 is 0 Å². The van der Waals surface area contributed by atoms with Crippen LogP contribution in [-0.4, -0.2) is 23.2 Å². The Morgan fingerprint density at radius 1 is 1.40 bits per heavy atom. The van der Waals surface area contributed by atoms with Gasteiger partial charge < -0.3 is 10.2 Å². The number of aryl methyl sites for hydroxylation is 1. The average molecular weight is 208 g/mol. The summed E-state index contributed by atoms with van der Waals surface area (Å²) >= 11 is 0. The van der Waals surface area contributed by atoms with Crippen LogP contribution in [0.5, 0.6) is 0 Å². The van der Waals surface area contributed by atoms with Gasteiger partial charge in [-0.25, -0.2) is 15.8 Å². The molecular weight excluding hydrogens is 192 g/mol. The number of ether oxygens (including phenoxy) is 1. The summed E-state index contributed by atoms with van der Waals surface area (Å²) in [6.07, 6.45) is 1.99. The molecule has 0 amide bonds. The third-order valence-corrected chi connectivity index (χ3v) is 2.61. The van der Waals surface area contributed by atoms with Gasteiger partial charge in [0, 0.05) is 30.9 Å². The summed E-state index contributed by atoms with van der Waals surface area (Å²) in [6.45, 7) is 3.55. The van der Waals surface area contributed by atoms with E-state index in [-0.39, 0.29) is 0 Å². The molecule has 0 bridgehead atoms. The smallest absolute Gasteiger partial charge is 0.143 e. The van der Waals surface area contributed by atoms with Gasteiger partial charge in [-0.05, 0) is 19.8 Å². The lowest BCUT2D eigenvalue weighted by atomic mass is 9.99. The first-order valence-electron chi connectivity index (χ1n) is 5.19. The van der Waals surface area contributed by atoms with E-state index in [2.05, 4.69) is 15.4 Å². The molecule has 2 rings (SSSR count). The van der Waals surface area contributed by atoms with Crippen molar-refractivity contribution in [2.45, 2.75) is 25.7 Å². The van der Waals surface area contributed by atoms with Gasteiger partial charge in [-0.2, -0.15) is 0 Å². The van der Waals surface area contributed by atoms with E-state index in [1.165, 1.54) is 0 Å². The fourth-order valence-electron chi connectivity index (χ4n) is 1.80. The molecule has 3 N–H and O–H groups in total. The van der Waals surface area contributed by atoms with Crippen molar-refractivity contribution in [3.8, 4) is 0 Å².